The van der Waals surface area contributed by atoms with Gasteiger partial charge in [0, 0.05) is 20.2 Å². The molecule has 126 valence electrons. The Balaban J connectivity index is 2.43. The quantitative estimate of drug-likeness (QED) is 0.834. The van der Waals surface area contributed by atoms with Gasteiger partial charge in [-0.3, -0.25) is 0 Å². The summed E-state index contributed by atoms with van der Waals surface area (Å²) in [4.78, 5) is 0.0499. The average molecular weight is 338 g/mol. The number of sulfonamides is 1. The molecule has 0 bridgehead atoms. The zero-order valence-electron chi connectivity index (χ0n) is 13.9. The lowest BCUT2D eigenvalue weighted by Gasteiger charge is -2.41. The van der Waals surface area contributed by atoms with Crippen LogP contribution in [-0.4, -0.2) is 51.2 Å². The molecule has 0 aromatic heterocycles. The summed E-state index contributed by atoms with van der Waals surface area (Å²) in [5.41, 5.74) is 0.222. The molecule has 1 heterocycles. The van der Waals surface area contributed by atoms with Crippen LogP contribution in [0.2, 0.25) is 0 Å². The lowest BCUT2D eigenvalue weighted by Crippen LogP contribution is -2.55. The molecule has 1 saturated heterocycles. The van der Waals surface area contributed by atoms with Crippen molar-refractivity contribution < 1.29 is 17.9 Å². The van der Waals surface area contributed by atoms with Crippen LogP contribution in [0.25, 0.3) is 0 Å². The topological polar surface area (TPSA) is 79.6 Å². The summed E-state index contributed by atoms with van der Waals surface area (Å²) in [6.07, 6.45) is -0.339. The number of benzene rings is 1. The van der Waals surface area contributed by atoms with Crippen LogP contribution >= 0.6 is 0 Å². The molecule has 1 fully saturated rings. The number of aryl methyl sites for hydroxylation is 1. The molecule has 0 aliphatic carbocycles. The summed E-state index contributed by atoms with van der Waals surface area (Å²) in [7, 11) is -2.22. The van der Waals surface area contributed by atoms with E-state index in [2.05, 4.69) is 0 Å². The Bertz CT molecular complexity index is 722. The van der Waals surface area contributed by atoms with Gasteiger partial charge in [-0.25, -0.2) is 8.42 Å². The van der Waals surface area contributed by atoms with Crippen molar-refractivity contribution in [1.82, 2.24) is 4.31 Å². The fraction of sp³-hybridized carbons (Fsp3) is 0.562. The molecule has 23 heavy (non-hydrogen) atoms. The number of nitriles is 1. The van der Waals surface area contributed by atoms with E-state index in [1.165, 1.54) is 10.4 Å². The summed E-state index contributed by atoms with van der Waals surface area (Å²) in [5, 5.41) is 9.32. The van der Waals surface area contributed by atoms with Crippen molar-refractivity contribution in [2.75, 3.05) is 26.8 Å². The van der Waals surface area contributed by atoms with Crippen LogP contribution in [-0.2, 0) is 19.5 Å². The van der Waals surface area contributed by atoms with Crippen molar-refractivity contribution in [3.8, 4) is 6.07 Å². The smallest absolute Gasteiger partial charge is 0.244 e. The van der Waals surface area contributed by atoms with Gasteiger partial charge < -0.3 is 9.47 Å². The molecule has 0 spiro atoms. The first-order valence-corrected chi connectivity index (χ1v) is 8.82. The summed E-state index contributed by atoms with van der Waals surface area (Å²) >= 11 is 0. The van der Waals surface area contributed by atoms with Gasteiger partial charge in [-0.2, -0.15) is 9.57 Å². The van der Waals surface area contributed by atoms with Crippen molar-refractivity contribution in [2.45, 2.75) is 37.4 Å². The van der Waals surface area contributed by atoms with Crippen molar-refractivity contribution in [3.05, 3.63) is 29.3 Å². The lowest BCUT2D eigenvalue weighted by molar-refractivity contribution is -0.135. The highest BCUT2D eigenvalue weighted by molar-refractivity contribution is 7.89. The first-order chi connectivity index (χ1) is 10.7. The second-order valence-electron chi connectivity index (χ2n) is 6.31. The predicted molar refractivity (Wildman–Crippen MR) is 85.5 cm³/mol. The number of rotatable bonds is 4. The Labute approximate surface area is 137 Å². The van der Waals surface area contributed by atoms with Gasteiger partial charge >= 0.3 is 0 Å². The molecular formula is C16H22N2O4S. The molecule has 0 N–H and O–H groups in total. The highest BCUT2D eigenvalue weighted by Gasteiger charge is 2.40. The van der Waals surface area contributed by atoms with Crippen LogP contribution < -0.4 is 0 Å². The van der Waals surface area contributed by atoms with Crippen LogP contribution in [0.5, 0.6) is 0 Å². The Hall–Kier alpha value is -1.46. The summed E-state index contributed by atoms with van der Waals surface area (Å²) in [6.45, 7) is 6.17. The number of ether oxygens (including phenoxy) is 2. The first-order valence-electron chi connectivity index (χ1n) is 7.38. The van der Waals surface area contributed by atoms with E-state index in [0.29, 0.717) is 12.2 Å². The molecule has 0 amide bonds. The minimum absolute atomic E-state index is 0.0499. The highest BCUT2D eigenvalue weighted by atomic mass is 32.2. The molecule has 1 aromatic carbocycles. The minimum Gasteiger partial charge on any atom is -0.382 e. The van der Waals surface area contributed by atoms with Crippen LogP contribution in [0.4, 0.5) is 0 Å². The average Bonchev–Trinajstić information content (AvgIpc) is 2.45. The third-order valence-corrected chi connectivity index (χ3v) is 5.62. The molecule has 6 nitrogen and oxygen atoms in total. The number of morpholine rings is 1. The number of hydrogen-bond donors (Lipinski definition) is 0. The van der Waals surface area contributed by atoms with Crippen molar-refractivity contribution in [1.29, 1.82) is 5.26 Å². The third-order valence-electron chi connectivity index (χ3n) is 3.77. The predicted octanol–water partition coefficient (Wildman–Crippen LogP) is 1.68. The Morgan fingerprint density at radius 1 is 1.48 bits per heavy atom. The van der Waals surface area contributed by atoms with Gasteiger partial charge in [-0.15, -0.1) is 0 Å². The van der Waals surface area contributed by atoms with Crippen LogP contribution in [0, 0.1) is 18.3 Å². The lowest BCUT2D eigenvalue weighted by atomic mass is 10.1. The van der Waals surface area contributed by atoms with Gasteiger partial charge in [0.05, 0.1) is 23.9 Å². The van der Waals surface area contributed by atoms with Crippen LogP contribution in [0.1, 0.15) is 25.0 Å². The maximum Gasteiger partial charge on any atom is 0.244 e. The monoisotopic (exact) mass is 338 g/mol. The summed E-state index contributed by atoms with van der Waals surface area (Å²) in [6, 6.07) is 6.87. The number of hydrogen-bond acceptors (Lipinski definition) is 5. The zero-order valence-corrected chi connectivity index (χ0v) is 14.7. The van der Waals surface area contributed by atoms with Gasteiger partial charge in [0.1, 0.15) is 11.0 Å². The number of methoxy groups -OCH3 is 1. The van der Waals surface area contributed by atoms with Crippen molar-refractivity contribution in [2.24, 2.45) is 0 Å². The van der Waals surface area contributed by atoms with Gasteiger partial charge in [0.25, 0.3) is 0 Å². The number of nitrogens with zero attached hydrogens (tertiary/aromatic N) is 2. The minimum atomic E-state index is -3.77. The second kappa shape index (κ2) is 6.57. The maximum atomic E-state index is 13.0. The van der Waals surface area contributed by atoms with E-state index in [1.807, 2.05) is 19.9 Å². The molecule has 1 unspecified atom stereocenters. The van der Waals surface area contributed by atoms with E-state index in [0.717, 1.165) is 0 Å². The molecule has 0 saturated carbocycles. The SMILES string of the molecule is COCC1CN(S(=O)(=O)c2cccc(C)c2C#N)CC(C)(C)O1. The molecule has 1 aliphatic heterocycles. The molecular weight excluding hydrogens is 316 g/mol. The van der Waals surface area contributed by atoms with Gasteiger partial charge in [0.2, 0.25) is 10.0 Å². The molecule has 7 heteroatoms. The van der Waals surface area contributed by atoms with Crippen molar-refractivity contribution >= 4 is 10.0 Å². The van der Waals surface area contributed by atoms with E-state index in [-0.39, 0.29) is 29.7 Å². The van der Waals surface area contributed by atoms with E-state index in [9.17, 15) is 13.7 Å². The highest BCUT2D eigenvalue weighted by Crippen LogP contribution is 2.28. The van der Waals surface area contributed by atoms with Crippen LogP contribution in [0.15, 0.2) is 23.1 Å². The van der Waals surface area contributed by atoms with Gasteiger partial charge in [-0.05, 0) is 32.4 Å². The van der Waals surface area contributed by atoms with E-state index in [1.54, 1.807) is 26.2 Å². The fourth-order valence-corrected chi connectivity index (χ4v) is 4.67. The van der Waals surface area contributed by atoms with E-state index in [4.69, 9.17) is 9.47 Å². The zero-order chi connectivity index (χ0) is 17.3. The van der Waals surface area contributed by atoms with Crippen LogP contribution in [0.3, 0.4) is 0 Å². The Morgan fingerprint density at radius 2 is 2.17 bits per heavy atom. The van der Waals surface area contributed by atoms with Gasteiger partial charge in [0.15, 0.2) is 0 Å². The first kappa shape index (κ1) is 17.9. The normalized spacial score (nSPS) is 21.8. The van der Waals surface area contributed by atoms with E-state index >= 15 is 0 Å². The fourth-order valence-electron chi connectivity index (χ4n) is 2.84. The Morgan fingerprint density at radius 3 is 2.78 bits per heavy atom. The summed E-state index contributed by atoms with van der Waals surface area (Å²) in [5.74, 6) is 0. The molecule has 2 rings (SSSR count). The largest absolute Gasteiger partial charge is 0.382 e. The summed E-state index contributed by atoms with van der Waals surface area (Å²) < 4.78 is 38.4. The molecule has 0 radical (unpaired) electrons. The second-order valence-corrected chi connectivity index (χ2v) is 8.22. The Kier molecular flexibility index (Phi) is 5.11. The third kappa shape index (κ3) is 3.72. The van der Waals surface area contributed by atoms with Gasteiger partial charge in [-0.1, -0.05) is 12.1 Å². The molecule has 1 aromatic rings. The van der Waals surface area contributed by atoms with Crippen molar-refractivity contribution in [3.63, 3.8) is 0 Å². The molecule has 1 aliphatic rings. The molecule has 1 atom stereocenters. The standard InChI is InChI=1S/C16H22N2O4S/c1-12-6-5-7-15(14(12)8-17)23(19,20)18-9-13(10-21-4)22-16(2,3)11-18/h5-7,13H,9-11H2,1-4H3. The maximum absolute atomic E-state index is 13.0. The van der Waals surface area contributed by atoms with E-state index < -0.39 is 15.6 Å².